The van der Waals surface area contributed by atoms with Crippen molar-refractivity contribution in [2.24, 2.45) is 5.73 Å². The van der Waals surface area contributed by atoms with Crippen LogP contribution in [0, 0.1) is 0 Å². The Morgan fingerprint density at radius 2 is 2.15 bits per heavy atom. The molecule has 1 aliphatic heterocycles. The van der Waals surface area contributed by atoms with Crippen LogP contribution in [-0.2, 0) is 14.9 Å². The number of aromatic nitrogens is 1. The van der Waals surface area contributed by atoms with Crippen molar-refractivity contribution in [1.29, 1.82) is 0 Å². The van der Waals surface area contributed by atoms with E-state index in [1.54, 1.807) is 0 Å². The molecule has 110 valence electrons. The summed E-state index contributed by atoms with van der Waals surface area (Å²) in [4.78, 5) is 29.5. The van der Waals surface area contributed by atoms with E-state index < -0.39 is 5.91 Å². The van der Waals surface area contributed by atoms with Crippen LogP contribution in [0.3, 0.4) is 0 Å². The van der Waals surface area contributed by atoms with Crippen LogP contribution in [0.1, 0.15) is 34.4 Å². The molecule has 1 fully saturated rings. The van der Waals surface area contributed by atoms with E-state index in [1.807, 2.05) is 4.90 Å². The van der Waals surface area contributed by atoms with Crippen LogP contribution in [0.4, 0.5) is 0 Å². The molecule has 0 bridgehead atoms. The Balaban J connectivity index is 2.03. The summed E-state index contributed by atoms with van der Waals surface area (Å²) in [6.07, 6.45) is 3.19. The number of piperidine rings is 1. The van der Waals surface area contributed by atoms with Crippen LogP contribution < -0.4 is 5.73 Å². The second-order valence-electron chi connectivity index (χ2n) is 5.27. The van der Waals surface area contributed by atoms with E-state index in [0.717, 1.165) is 17.8 Å². The van der Waals surface area contributed by atoms with Crippen LogP contribution in [0.15, 0.2) is 6.20 Å². The van der Waals surface area contributed by atoms with Gasteiger partial charge in [-0.2, -0.15) is 0 Å². The molecule has 7 heteroatoms. The smallest absolute Gasteiger partial charge is 0.260 e. The highest BCUT2D eigenvalue weighted by Crippen LogP contribution is 2.37. The van der Waals surface area contributed by atoms with Gasteiger partial charge in [0.05, 0.1) is 11.2 Å². The monoisotopic (exact) mass is 297 g/mol. The lowest BCUT2D eigenvalue weighted by atomic mass is 9.81. The van der Waals surface area contributed by atoms with Crippen LogP contribution >= 0.6 is 11.3 Å². The molecule has 0 atom stereocenters. The Morgan fingerprint density at radius 3 is 2.65 bits per heavy atom. The minimum Gasteiger partial charge on any atom is -0.375 e. The number of ether oxygens (including phenoxy) is 1. The van der Waals surface area contributed by atoms with E-state index in [4.69, 9.17) is 10.5 Å². The summed E-state index contributed by atoms with van der Waals surface area (Å²) < 4.78 is 4.87. The van der Waals surface area contributed by atoms with E-state index >= 15 is 0 Å². The van der Waals surface area contributed by atoms with Gasteiger partial charge < -0.3 is 15.4 Å². The Morgan fingerprint density at radius 1 is 1.50 bits per heavy atom. The zero-order valence-electron chi connectivity index (χ0n) is 11.7. The lowest BCUT2D eigenvalue weighted by Gasteiger charge is -2.38. The van der Waals surface area contributed by atoms with Gasteiger partial charge in [-0.3, -0.25) is 9.59 Å². The molecule has 1 aliphatic rings. The molecule has 0 aromatic carbocycles. The van der Waals surface area contributed by atoms with Crippen LogP contribution in [0.25, 0.3) is 0 Å². The number of methoxy groups -OCH3 is 1. The number of carbonyl (C=O) groups excluding carboxylic acids is 2. The van der Waals surface area contributed by atoms with Crippen LogP contribution in [-0.4, -0.2) is 48.5 Å². The lowest BCUT2D eigenvalue weighted by molar-refractivity contribution is -0.136. The average Bonchev–Trinajstić information content (AvgIpc) is 2.90. The van der Waals surface area contributed by atoms with Gasteiger partial charge in [-0.15, -0.1) is 11.3 Å². The number of hydrogen-bond acceptors (Lipinski definition) is 5. The van der Waals surface area contributed by atoms with E-state index in [-0.39, 0.29) is 17.9 Å². The predicted molar refractivity (Wildman–Crippen MR) is 75.7 cm³/mol. The molecule has 0 spiro atoms. The summed E-state index contributed by atoms with van der Waals surface area (Å²) in [5.74, 6) is -0.420. The van der Waals surface area contributed by atoms with Gasteiger partial charge in [0.1, 0.15) is 11.5 Å². The third-order valence-corrected chi connectivity index (χ3v) is 5.07. The first-order valence-electron chi connectivity index (χ1n) is 6.49. The molecular formula is C13H19N3O3S. The van der Waals surface area contributed by atoms with E-state index in [1.165, 1.54) is 24.6 Å². The molecule has 1 aromatic heterocycles. The van der Waals surface area contributed by atoms with Crippen molar-refractivity contribution in [2.45, 2.75) is 25.2 Å². The Hall–Kier alpha value is -1.47. The summed E-state index contributed by atoms with van der Waals surface area (Å²) in [5, 5.41) is 0.921. The van der Waals surface area contributed by atoms with E-state index in [2.05, 4.69) is 11.9 Å². The fourth-order valence-electron chi connectivity index (χ4n) is 2.35. The van der Waals surface area contributed by atoms with Crippen molar-refractivity contribution >= 4 is 23.2 Å². The van der Waals surface area contributed by atoms with Crippen molar-refractivity contribution in [1.82, 2.24) is 9.88 Å². The molecule has 1 saturated heterocycles. The number of hydrogen-bond donors (Lipinski definition) is 1. The first-order valence-corrected chi connectivity index (χ1v) is 7.31. The summed E-state index contributed by atoms with van der Waals surface area (Å²) in [7, 11) is 1.52. The molecule has 2 heterocycles. The molecule has 0 aliphatic carbocycles. The molecule has 20 heavy (non-hydrogen) atoms. The Labute approximate surface area is 121 Å². The van der Waals surface area contributed by atoms with Gasteiger partial charge in [0, 0.05) is 25.6 Å². The van der Waals surface area contributed by atoms with Crippen molar-refractivity contribution < 1.29 is 14.3 Å². The van der Waals surface area contributed by atoms with E-state index in [9.17, 15) is 9.59 Å². The molecule has 6 nitrogen and oxygen atoms in total. The molecule has 0 saturated carbocycles. The van der Waals surface area contributed by atoms with Gasteiger partial charge in [0.25, 0.3) is 5.91 Å². The van der Waals surface area contributed by atoms with Gasteiger partial charge >= 0.3 is 0 Å². The topological polar surface area (TPSA) is 85.5 Å². The molecule has 0 radical (unpaired) electrons. The molecule has 2 N–H and O–H groups in total. The number of primary amides is 1. The molecule has 1 aromatic rings. The van der Waals surface area contributed by atoms with Gasteiger partial charge in [0.2, 0.25) is 5.91 Å². The first-order chi connectivity index (χ1) is 9.46. The minimum atomic E-state index is -0.440. The number of carbonyl (C=O) groups is 2. The SMILES string of the molecule is COCC(=O)N1CCC(C)(c2ncc(C(N)=O)s2)CC1. The third kappa shape index (κ3) is 2.99. The average molecular weight is 297 g/mol. The number of likely N-dealkylation sites (tertiary alicyclic amines) is 1. The molecular weight excluding hydrogens is 278 g/mol. The largest absolute Gasteiger partial charge is 0.375 e. The fraction of sp³-hybridized carbons (Fsp3) is 0.615. The maximum absolute atomic E-state index is 11.8. The maximum Gasteiger partial charge on any atom is 0.260 e. The zero-order valence-corrected chi connectivity index (χ0v) is 12.5. The molecule has 2 amide bonds. The van der Waals surface area contributed by atoms with Crippen molar-refractivity contribution in [2.75, 3.05) is 26.8 Å². The summed E-state index contributed by atoms with van der Waals surface area (Å²) in [5.41, 5.74) is 5.16. The summed E-state index contributed by atoms with van der Waals surface area (Å²) in [6, 6.07) is 0. The molecule has 2 rings (SSSR count). The number of rotatable bonds is 4. The van der Waals surface area contributed by atoms with Gasteiger partial charge in [0.15, 0.2) is 0 Å². The first kappa shape index (κ1) is 14.9. The standard InChI is InChI=1S/C13H19N3O3S/c1-13(12-15-7-9(20-12)11(14)18)3-5-16(6-4-13)10(17)8-19-2/h7H,3-6,8H2,1-2H3,(H2,14,18). The lowest BCUT2D eigenvalue weighted by Crippen LogP contribution is -2.45. The maximum atomic E-state index is 11.8. The van der Waals surface area contributed by atoms with E-state index in [0.29, 0.717) is 18.0 Å². The Bertz CT molecular complexity index is 507. The minimum absolute atomic E-state index is 0.0199. The third-order valence-electron chi connectivity index (χ3n) is 3.75. The number of amides is 2. The number of nitrogens with zero attached hydrogens (tertiary/aromatic N) is 2. The van der Waals surface area contributed by atoms with Gasteiger partial charge in [-0.25, -0.2) is 4.98 Å². The number of nitrogens with two attached hydrogens (primary N) is 1. The van der Waals surface area contributed by atoms with Crippen LogP contribution in [0.5, 0.6) is 0 Å². The number of thiazole rings is 1. The second-order valence-corrected chi connectivity index (χ2v) is 6.30. The second kappa shape index (κ2) is 5.88. The zero-order chi connectivity index (χ0) is 14.8. The van der Waals surface area contributed by atoms with Crippen LogP contribution in [0.2, 0.25) is 0 Å². The normalized spacial score (nSPS) is 18.0. The Kier molecular flexibility index (Phi) is 4.39. The van der Waals surface area contributed by atoms with Crippen molar-refractivity contribution in [3.8, 4) is 0 Å². The quantitative estimate of drug-likeness (QED) is 0.889. The predicted octanol–water partition coefficient (Wildman–Crippen LogP) is 0.768. The van der Waals surface area contributed by atoms with Gasteiger partial charge in [-0.1, -0.05) is 6.92 Å². The molecule has 0 unspecified atom stereocenters. The fourth-order valence-corrected chi connectivity index (χ4v) is 3.32. The summed E-state index contributed by atoms with van der Waals surface area (Å²) >= 11 is 1.35. The van der Waals surface area contributed by atoms with Gasteiger partial charge in [-0.05, 0) is 12.8 Å². The highest BCUT2D eigenvalue weighted by molar-refractivity contribution is 7.13. The van der Waals surface area contributed by atoms with Crippen molar-refractivity contribution in [3.05, 3.63) is 16.1 Å². The highest BCUT2D eigenvalue weighted by atomic mass is 32.1. The highest BCUT2D eigenvalue weighted by Gasteiger charge is 2.35. The van der Waals surface area contributed by atoms with Crippen molar-refractivity contribution in [3.63, 3.8) is 0 Å². The summed E-state index contributed by atoms with van der Waals surface area (Å²) in [6.45, 7) is 3.61.